The zero-order chi connectivity index (χ0) is 22.3. The fourth-order valence-corrected chi connectivity index (χ4v) is 3.88. The monoisotopic (exact) mass is 433 g/mol. The molecule has 3 heterocycles. The third kappa shape index (κ3) is 3.31. The van der Waals surface area contributed by atoms with Gasteiger partial charge in [-0.3, -0.25) is 9.78 Å². The van der Waals surface area contributed by atoms with Crippen molar-refractivity contribution in [2.24, 2.45) is 5.73 Å². The van der Waals surface area contributed by atoms with Gasteiger partial charge in [-0.05, 0) is 31.0 Å². The third-order valence-electron chi connectivity index (χ3n) is 5.87. The van der Waals surface area contributed by atoms with E-state index >= 15 is 0 Å². The Morgan fingerprint density at radius 3 is 2.75 bits per heavy atom. The molecule has 0 saturated heterocycles. The van der Waals surface area contributed by atoms with Crippen molar-refractivity contribution in [2.45, 2.75) is 18.3 Å². The number of methoxy groups -OCH3 is 1. The number of hydrogen-bond donors (Lipinski definition) is 2. The smallest absolute Gasteiger partial charge is 0.229 e. The lowest BCUT2D eigenvalue weighted by molar-refractivity contribution is -0.120. The van der Waals surface area contributed by atoms with Crippen LogP contribution in [0.2, 0.25) is 0 Å². The lowest BCUT2D eigenvalue weighted by atomic mass is 9.98. The van der Waals surface area contributed by atoms with Crippen molar-refractivity contribution in [1.82, 2.24) is 15.0 Å². The SMILES string of the molecule is CNc1ncc(-c2nc3cc(OCCOC)ccc3o2)c2cc(C3(C(N)=O)CC3)ncc12. The van der Waals surface area contributed by atoms with Gasteiger partial charge in [-0.1, -0.05) is 0 Å². The number of amides is 1. The highest BCUT2D eigenvalue weighted by Crippen LogP contribution is 2.48. The van der Waals surface area contributed by atoms with E-state index in [1.165, 1.54) is 0 Å². The molecule has 1 aliphatic rings. The molecular weight excluding hydrogens is 410 g/mol. The predicted octanol–water partition coefficient (Wildman–Crippen LogP) is 3.02. The number of nitrogens with zero attached hydrogens (tertiary/aromatic N) is 3. The number of rotatable bonds is 8. The molecular formula is C23H23N5O4. The number of carbonyl (C=O) groups is 1. The molecule has 9 nitrogen and oxygen atoms in total. The molecule has 0 unspecified atom stereocenters. The maximum Gasteiger partial charge on any atom is 0.229 e. The Hall–Kier alpha value is -3.72. The first kappa shape index (κ1) is 20.2. The lowest BCUT2D eigenvalue weighted by Gasteiger charge is -2.13. The lowest BCUT2D eigenvalue weighted by Crippen LogP contribution is -2.29. The molecule has 0 aliphatic heterocycles. The van der Waals surface area contributed by atoms with E-state index in [2.05, 4.69) is 20.3 Å². The molecule has 3 aromatic heterocycles. The molecule has 0 spiro atoms. The summed E-state index contributed by atoms with van der Waals surface area (Å²) in [5.41, 5.74) is 7.66. The number of fused-ring (bicyclic) bond motifs is 2. The second-order valence-electron chi connectivity index (χ2n) is 7.82. The van der Waals surface area contributed by atoms with E-state index in [0.29, 0.717) is 65.9 Å². The summed E-state index contributed by atoms with van der Waals surface area (Å²) in [7, 11) is 3.43. The molecule has 5 rings (SSSR count). The minimum atomic E-state index is -0.690. The Kier molecular flexibility index (Phi) is 4.90. The Morgan fingerprint density at radius 1 is 1.19 bits per heavy atom. The van der Waals surface area contributed by atoms with Crippen LogP contribution in [0, 0.1) is 0 Å². The van der Waals surface area contributed by atoms with Gasteiger partial charge in [0.1, 0.15) is 23.7 Å². The first-order valence-electron chi connectivity index (χ1n) is 10.4. The zero-order valence-corrected chi connectivity index (χ0v) is 17.8. The maximum atomic E-state index is 12.0. The third-order valence-corrected chi connectivity index (χ3v) is 5.87. The van der Waals surface area contributed by atoms with Crippen molar-refractivity contribution in [3.8, 4) is 17.2 Å². The van der Waals surface area contributed by atoms with Crippen molar-refractivity contribution in [2.75, 3.05) is 32.7 Å². The van der Waals surface area contributed by atoms with Crippen LogP contribution in [0.1, 0.15) is 18.5 Å². The summed E-state index contributed by atoms with van der Waals surface area (Å²) < 4.78 is 16.7. The topological polar surface area (TPSA) is 125 Å². The highest BCUT2D eigenvalue weighted by Gasteiger charge is 2.51. The summed E-state index contributed by atoms with van der Waals surface area (Å²) in [6.07, 6.45) is 4.84. The number of ether oxygens (including phenoxy) is 2. The van der Waals surface area contributed by atoms with Gasteiger partial charge in [-0.2, -0.15) is 0 Å². The number of nitrogens with two attached hydrogens (primary N) is 1. The Labute approximate surface area is 183 Å². The number of benzene rings is 1. The molecule has 1 amide bonds. The van der Waals surface area contributed by atoms with Crippen LogP contribution >= 0.6 is 0 Å². The zero-order valence-electron chi connectivity index (χ0n) is 17.8. The van der Waals surface area contributed by atoms with Crippen LogP contribution in [0.5, 0.6) is 5.75 Å². The van der Waals surface area contributed by atoms with Crippen molar-refractivity contribution < 1.29 is 18.7 Å². The Bertz CT molecular complexity index is 1330. The first-order chi connectivity index (χ1) is 15.6. The van der Waals surface area contributed by atoms with E-state index in [4.69, 9.17) is 19.6 Å². The van der Waals surface area contributed by atoms with Crippen LogP contribution in [0.15, 0.2) is 41.1 Å². The number of hydrogen-bond acceptors (Lipinski definition) is 8. The van der Waals surface area contributed by atoms with Gasteiger partial charge in [0.05, 0.1) is 23.3 Å². The average Bonchev–Trinajstić information content (AvgIpc) is 3.52. The molecule has 1 aromatic carbocycles. The number of carbonyl (C=O) groups excluding carboxylic acids is 1. The number of nitrogens with one attached hydrogen (secondary N) is 1. The molecule has 3 N–H and O–H groups in total. The van der Waals surface area contributed by atoms with Gasteiger partial charge < -0.3 is 24.9 Å². The molecule has 0 atom stereocenters. The number of oxazole rings is 1. The second-order valence-corrected chi connectivity index (χ2v) is 7.82. The van der Waals surface area contributed by atoms with Crippen LogP contribution in [0.3, 0.4) is 0 Å². The van der Waals surface area contributed by atoms with Crippen molar-refractivity contribution in [1.29, 1.82) is 0 Å². The van der Waals surface area contributed by atoms with Gasteiger partial charge in [-0.25, -0.2) is 9.97 Å². The fraction of sp³-hybridized carbons (Fsp3) is 0.304. The second kappa shape index (κ2) is 7.76. The largest absolute Gasteiger partial charge is 0.491 e. The van der Waals surface area contributed by atoms with E-state index in [0.717, 1.165) is 10.8 Å². The number of aromatic nitrogens is 3. The van der Waals surface area contributed by atoms with E-state index in [1.807, 2.05) is 24.3 Å². The molecule has 164 valence electrons. The predicted molar refractivity (Wildman–Crippen MR) is 120 cm³/mol. The first-order valence-corrected chi connectivity index (χ1v) is 10.4. The molecule has 1 aliphatic carbocycles. The van der Waals surface area contributed by atoms with E-state index in [1.54, 1.807) is 26.6 Å². The van der Waals surface area contributed by atoms with Gasteiger partial charge in [-0.15, -0.1) is 0 Å². The maximum absolute atomic E-state index is 12.0. The van der Waals surface area contributed by atoms with Gasteiger partial charge in [0, 0.05) is 43.4 Å². The Balaban J connectivity index is 1.61. The number of primary amides is 1. The molecule has 0 radical (unpaired) electrons. The summed E-state index contributed by atoms with van der Waals surface area (Å²) in [4.78, 5) is 25.8. The number of anilines is 1. The molecule has 9 heteroatoms. The summed E-state index contributed by atoms with van der Waals surface area (Å²) in [5.74, 6) is 1.44. The normalized spacial score (nSPS) is 14.6. The van der Waals surface area contributed by atoms with Crippen molar-refractivity contribution in [3.05, 3.63) is 42.4 Å². The minimum absolute atomic E-state index is 0.350. The average molecular weight is 433 g/mol. The van der Waals surface area contributed by atoms with Gasteiger partial charge in [0.15, 0.2) is 5.58 Å². The molecule has 1 saturated carbocycles. The minimum Gasteiger partial charge on any atom is -0.491 e. The molecule has 32 heavy (non-hydrogen) atoms. The van der Waals surface area contributed by atoms with Crippen LogP contribution < -0.4 is 15.8 Å². The van der Waals surface area contributed by atoms with Crippen molar-refractivity contribution >= 4 is 33.6 Å². The van der Waals surface area contributed by atoms with Crippen LogP contribution in [0.4, 0.5) is 5.82 Å². The van der Waals surface area contributed by atoms with E-state index in [-0.39, 0.29) is 5.91 Å². The quantitative estimate of drug-likeness (QED) is 0.406. The highest BCUT2D eigenvalue weighted by atomic mass is 16.5. The Morgan fingerprint density at radius 2 is 2.03 bits per heavy atom. The standard InChI is InChI=1S/C23H23N5O4/c1-25-20-15-11-26-19(23(5-6-23)22(24)29)10-14(15)16(12-27-20)21-28-17-9-13(31-8-7-30-2)3-4-18(17)32-21/h3-4,9-12H,5-8H2,1-2H3,(H2,24,29)(H,25,27). The van der Waals surface area contributed by atoms with E-state index < -0.39 is 5.41 Å². The molecule has 0 bridgehead atoms. The number of pyridine rings is 2. The summed E-state index contributed by atoms with van der Waals surface area (Å²) in [6.45, 7) is 0.949. The molecule has 4 aromatic rings. The van der Waals surface area contributed by atoms with Gasteiger partial charge >= 0.3 is 0 Å². The van der Waals surface area contributed by atoms with E-state index in [9.17, 15) is 4.79 Å². The van der Waals surface area contributed by atoms with Crippen molar-refractivity contribution in [3.63, 3.8) is 0 Å². The van der Waals surface area contributed by atoms with Crippen LogP contribution in [0.25, 0.3) is 33.3 Å². The summed E-state index contributed by atoms with van der Waals surface area (Å²) in [5, 5.41) is 4.73. The van der Waals surface area contributed by atoms with Gasteiger partial charge in [0.25, 0.3) is 0 Å². The van der Waals surface area contributed by atoms with Crippen LogP contribution in [-0.2, 0) is 14.9 Å². The summed E-state index contributed by atoms with van der Waals surface area (Å²) >= 11 is 0. The highest BCUT2D eigenvalue weighted by molar-refractivity contribution is 6.01. The van der Waals surface area contributed by atoms with Crippen LogP contribution in [-0.4, -0.2) is 48.2 Å². The van der Waals surface area contributed by atoms with Gasteiger partial charge in [0.2, 0.25) is 11.8 Å². The molecule has 1 fully saturated rings. The summed E-state index contributed by atoms with van der Waals surface area (Å²) in [6, 6.07) is 7.39. The fourth-order valence-electron chi connectivity index (χ4n) is 3.88.